The van der Waals surface area contributed by atoms with E-state index in [1.807, 2.05) is 12.1 Å². The zero-order valence-electron chi connectivity index (χ0n) is 8.00. The van der Waals surface area contributed by atoms with E-state index in [0.717, 1.165) is 16.6 Å². The maximum atomic E-state index is 5.96. The lowest BCUT2D eigenvalue weighted by Crippen LogP contribution is -2.29. The molecule has 0 aliphatic carbocycles. The lowest BCUT2D eigenvalue weighted by molar-refractivity contribution is 0.486. The summed E-state index contributed by atoms with van der Waals surface area (Å²) in [6, 6.07) is 4.09. The third-order valence-corrected chi connectivity index (χ3v) is 2.84. The van der Waals surface area contributed by atoms with Crippen LogP contribution in [-0.4, -0.2) is 11.0 Å². The van der Waals surface area contributed by atoms with Gasteiger partial charge in [-0.05, 0) is 34.0 Å². The number of pyridine rings is 1. The molecule has 0 aromatic carbocycles. The summed E-state index contributed by atoms with van der Waals surface area (Å²) in [5.41, 5.74) is 7.00. The fourth-order valence-corrected chi connectivity index (χ4v) is 1.44. The summed E-state index contributed by atoms with van der Waals surface area (Å²) >= 11 is 3.46. The molecule has 1 rings (SSSR count). The number of hydrogen-bond donors (Lipinski definition) is 1. The van der Waals surface area contributed by atoms with Crippen LogP contribution in [0.2, 0.25) is 0 Å². The highest BCUT2D eigenvalue weighted by Crippen LogP contribution is 2.16. The van der Waals surface area contributed by atoms with Crippen molar-refractivity contribution < 1.29 is 0 Å². The number of rotatable bonds is 3. The maximum absolute atomic E-state index is 5.96. The maximum Gasteiger partial charge on any atom is 0.0560 e. The first-order chi connectivity index (χ1) is 6.11. The van der Waals surface area contributed by atoms with Gasteiger partial charge in [0.15, 0.2) is 0 Å². The van der Waals surface area contributed by atoms with Gasteiger partial charge in [-0.3, -0.25) is 4.98 Å². The van der Waals surface area contributed by atoms with Gasteiger partial charge in [0.25, 0.3) is 0 Å². The average molecular weight is 243 g/mol. The summed E-state index contributed by atoms with van der Waals surface area (Å²) in [7, 11) is 0. The molecule has 0 amide bonds. The Morgan fingerprint density at radius 3 is 2.77 bits per heavy atom. The van der Waals surface area contributed by atoms with Crippen molar-refractivity contribution in [2.45, 2.75) is 26.3 Å². The Morgan fingerprint density at radius 1 is 1.54 bits per heavy atom. The minimum absolute atomic E-state index is 0.186. The first-order valence-electron chi connectivity index (χ1n) is 4.46. The largest absolute Gasteiger partial charge is 0.327 e. The van der Waals surface area contributed by atoms with Crippen molar-refractivity contribution in [1.29, 1.82) is 0 Å². The smallest absolute Gasteiger partial charge is 0.0560 e. The number of hydrogen-bond acceptors (Lipinski definition) is 2. The van der Waals surface area contributed by atoms with Crippen LogP contribution in [0.4, 0.5) is 0 Å². The van der Waals surface area contributed by atoms with Crippen molar-refractivity contribution in [3.8, 4) is 0 Å². The fraction of sp³-hybridized carbons (Fsp3) is 0.500. The zero-order chi connectivity index (χ0) is 9.84. The molecule has 1 aromatic rings. The molecule has 0 saturated carbocycles. The Hall–Kier alpha value is -0.410. The molecule has 72 valence electrons. The van der Waals surface area contributed by atoms with E-state index in [4.69, 9.17) is 5.73 Å². The molecule has 3 heteroatoms. The van der Waals surface area contributed by atoms with E-state index in [1.165, 1.54) is 0 Å². The van der Waals surface area contributed by atoms with E-state index in [1.54, 1.807) is 6.20 Å². The molecule has 0 aliphatic rings. The molecular formula is C10H15BrN2. The molecule has 0 bridgehead atoms. The quantitative estimate of drug-likeness (QED) is 0.885. The molecule has 13 heavy (non-hydrogen) atoms. The van der Waals surface area contributed by atoms with Gasteiger partial charge >= 0.3 is 0 Å². The molecule has 0 saturated heterocycles. The highest BCUT2D eigenvalue weighted by Gasteiger charge is 2.10. The average Bonchev–Trinajstić information content (AvgIpc) is 2.08. The molecule has 1 aromatic heterocycles. The standard InChI is InChI=1S/C10H15BrN2/c1-7(2)9(12)6-10-8(11)4-3-5-13-10/h3-5,7,9H,6,12H2,1-2H3. The number of aromatic nitrogens is 1. The predicted octanol–water partition coefficient (Wildman–Crippen LogP) is 2.37. The van der Waals surface area contributed by atoms with Gasteiger partial charge in [0.2, 0.25) is 0 Å². The van der Waals surface area contributed by atoms with Crippen LogP contribution in [0, 0.1) is 5.92 Å². The topological polar surface area (TPSA) is 38.9 Å². The Morgan fingerprint density at radius 2 is 2.23 bits per heavy atom. The lowest BCUT2D eigenvalue weighted by Gasteiger charge is -2.15. The van der Waals surface area contributed by atoms with Crippen molar-refractivity contribution >= 4 is 15.9 Å². The Balaban J connectivity index is 2.69. The minimum atomic E-state index is 0.186. The third-order valence-electron chi connectivity index (χ3n) is 2.12. The molecule has 0 spiro atoms. The van der Waals surface area contributed by atoms with Crippen molar-refractivity contribution in [1.82, 2.24) is 4.98 Å². The Labute approximate surface area is 87.7 Å². The lowest BCUT2D eigenvalue weighted by atomic mass is 10.0. The van der Waals surface area contributed by atoms with Crippen molar-refractivity contribution in [3.05, 3.63) is 28.5 Å². The van der Waals surface area contributed by atoms with Crippen LogP contribution in [0.3, 0.4) is 0 Å². The van der Waals surface area contributed by atoms with Gasteiger partial charge in [0, 0.05) is 23.1 Å². The van der Waals surface area contributed by atoms with Gasteiger partial charge in [-0.25, -0.2) is 0 Å². The van der Waals surface area contributed by atoms with E-state index >= 15 is 0 Å². The van der Waals surface area contributed by atoms with Crippen LogP contribution >= 0.6 is 15.9 Å². The molecule has 0 radical (unpaired) electrons. The fourth-order valence-electron chi connectivity index (χ4n) is 1.03. The van der Waals surface area contributed by atoms with E-state index < -0.39 is 0 Å². The summed E-state index contributed by atoms with van der Waals surface area (Å²) in [5, 5.41) is 0. The van der Waals surface area contributed by atoms with E-state index in [0.29, 0.717) is 5.92 Å². The molecule has 0 aliphatic heterocycles. The Bertz CT molecular complexity index is 273. The molecule has 2 N–H and O–H groups in total. The van der Waals surface area contributed by atoms with Gasteiger partial charge in [0.05, 0.1) is 5.69 Å². The van der Waals surface area contributed by atoms with Crippen LogP contribution in [0.5, 0.6) is 0 Å². The molecule has 1 heterocycles. The summed E-state index contributed by atoms with van der Waals surface area (Å²) in [6.45, 7) is 4.25. The van der Waals surface area contributed by atoms with E-state index in [2.05, 4.69) is 34.8 Å². The van der Waals surface area contributed by atoms with Crippen molar-refractivity contribution in [3.63, 3.8) is 0 Å². The van der Waals surface area contributed by atoms with Crippen molar-refractivity contribution in [2.75, 3.05) is 0 Å². The molecule has 1 unspecified atom stereocenters. The van der Waals surface area contributed by atoms with E-state index in [-0.39, 0.29) is 6.04 Å². The van der Waals surface area contributed by atoms with Crippen LogP contribution in [0.15, 0.2) is 22.8 Å². The van der Waals surface area contributed by atoms with Gasteiger partial charge < -0.3 is 5.73 Å². The molecular weight excluding hydrogens is 228 g/mol. The van der Waals surface area contributed by atoms with Crippen molar-refractivity contribution in [2.24, 2.45) is 11.7 Å². The summed E-state index contributed by atoms with van der Waals surface area (Å²) < 4.78 is 1.05. The monoisotopic (exact) mass is 242 g/mol. The second kappa shape index (κ2) is 4.72. The van der Waals surface area contributed by atoms with Crippen LogP contribution in [-0.2, 0) is 6.42 Å². The minimum Gasteiger partial charge on any atom is -0.327 e. The first kappa shape index (κ1) is 10.7. The second-order valence-electron chi connectivity index (χ2n) is 3.54. The van der Waals surface area contributed by atoms with Gasteiger partial charge in [-0.1, -0.05) is 13.8 Å². The molecule has 0 fully saturated rings. The highest BCUT2D eigenvalue weighted by atomic mass is 79.9. The second-order valence-corrected chi connectivity index (χ2v) is 4.40. The summed E-state index contributed by atoms with van der Waals surface area (Å²) in [5.74, 6) is 0.494. The first-order valence-corrected chi connectivity index (χ1v) is 5.25. The van der Waals surface area contributed by atoms with E-state index in [9.17, 15) is 0 Å². The van der Waals surface area contributed by atoms with Crippen LogP contribution in [0.1, 0.15) is 19.5 Å². The zero-order valence-corrected chi connectivity index (χ0v) is 9.58. The normalized spacial score (nSPS) is 13.3. The highest BCUT2D eigenvalue weighted by molar-refractivity contribution is 9.10. The summed E-state index contributed by atoms with van der Waals surface area (Å²) in [4.78, 5) is 4.27. The third kappa shape index (κ3) is 3.08. The molecule has 2 nitrogen and oxygen atoms in total. The van der Waals surface area contributed by atoms with Crippen LogP contribution in [0.25, 0.3) is 0 Å². The van der Waals surface area contributed by atoms with Gasteiger partial charge in [-0.2, -0.15) is 0 Å². The van der Waals surface area contributed by atoms with Gasteiger partial charge in [0.1, 0.15) is 0 Å². The number of nitrogens with two attached hydrogens (primary N) is 1. The number of nitrogens with zero attached hydrogens (tertiary/aromatic N) is 1. The Kier molecular flexibility index (Phi) is 3.88. The predicted molar refractivity (Wildman–Crippen MR) is 58.5 cm³/mol. The molecule has 1 atom stereocenters. The SMILES string of the molecule is CC(C)C(N)Cc1ncccc1Br. The summed E-state index contributed by atoms with van der Waals surface area (Å²) in [6.07, 6.45) is 2.63. The van der Waals surface area contributed by atoms with Crippen LogP contribution < -0.4 is 5.73 Å². The number of halogens is 1. The van der Waals surface area contributed by atoms with Gasteiger partial charge in [-0.15, -0.1) is 0 Å².